The fraction of sp³-hybridized carbons (Fsp3) is 0.900. The zero-order valence-electron chi connectivity index (χ0n) is 8.69. The van der Waals surface area contributed by atoms with Gasteiger partial charge in [0.15, 0.2) is 0 Å². The van der Waals surface area contributed by atoms with Crippen molar-refractivity contribution in [1.29, 1.82) is 5.26 Å². The van der Waals surface area contributed by atoms with Crippen LogP contribution in [0.2, 0.25) is 0 Å². The van der Waals surface area contributed by atoms with Gasteiger partial charge in [0.25, 0.3) is 0 Å². The van der Waals surface area contributed by atoms with Crippen LogP contribution in [0.25, 0.3) is 0 Å². The summed E-state index contributed by atoms with van der Waals surface area (Å²) >= 11 is 0. The average molecular weight is 199 g/mol. The van der Waals surface area contributed by atoms with E-state index in [9.17, 15) is 5.11 Å². The van der Waals surface area contributed by atoms with E-state index in [1.54, 1.807) is 6.92 Å². The molecule has 0 aromatic heterocycles. The van der Waals surface area contributed by atoms with Crippen LogP contribution in [0.15, 0.2) is 0 Å². The van der Waals surface area contributed by atoms with E-state index in [4.69, 9.17) is 14.7 Å². The van der Waals surface area contributed by atoms with Gasteiger partial charge in [0.05, 0.1) is 18.8 Å². The number of nitrogens with zero attached hydrogens (tertiary/aromatic N) is 1. The van der Waals surface area contributed by atoms with Gasteiger partial charge in [0, 0.05) is 13.7 Å². The molecule has 0 radical (unpaired) electrons. The lowest BCUT2D eigenvalue weighted by atomic mass is 9.77. The third-order valence-electron chi connectivity index (χ3n) is 2.88. The molecule has 0 bridgehead atoms. The zero-order valence-corrected chi connectivity index (χ0v) is 8.69. The molecule has 1 aliphatic heterocycles. The number of ether oxygens (including phenoxy) is 2. The fourth-order valence-corrected chi connectivity index (χ4v) is 1.78. The smallest absolute Gasteiger partial charge is 0.109 e. The van der Waals surface area contributed by atoms with Crippen LogP contribution in [0.3, 0.4) is 0 Å². The molecular formula is C10H17NO3. The first-order valence-electron chi connectivity index (χ1n) is 4.86. The highest BCUT2D eigenvalue weighted by atomic mass is 16.5. The SMILES string of the molecule is COC(C)C(O)C1(C#N)CCCOC1. The van der Waals surface area contributed by atoms with Gasteiger partial charge in [-0.2, -0.15) is 5.26 Å². The van der Waals surface area contributed by atoms with E-state index in [0.717, 1.165) is 6.42 Å². The molecule has 0 aliphatic carbocycles. The highest BCUT2D eigenvalue weighted by Crippen LogP contribution is 2.33. The van der Waals surface area contributed by atoms with Crippen molar-refractivity contribution in [3.8, 4) is 6.07 Å². The predicted molar refractivity (Wildman–Crippen MR) is 50.6 cm³/mol. The number of aliphatic hydroxyl groups is 1. The van der Waals surface area contributed by atoms with Gasteiger partial charge in [-0.25, -0.2) is 0 Å². The van der Waals surface area contributed by atoms with Crippen molar-refractivity contribution in [3.63, 3.8) is 0 Å². The number of methoxy groups -OCH3 is 1. The van der Waals surface area contributed by atoms with Crippen molar-refractivity contribution < 1.29 is 14.6 Å². The summed E-state index contributed by atoms with van der Waals surface area (Å²) < 4.78 is 10.3. The molecule has 0 saturated carbocycles. The van der Waals surface area contributed by atoms with Crippen LogP contribution >= 0.6 is 0 Å². The molecule has 1 fully saturated rings. The van der Waals surface area contributed by atoms with Crippen LogP contribution in [-0.4, -0.2) is 37.6 Å². The number of hydrogen-bond acceptors (Lipinski definition) is 4. The molecule has 80 valence electrons. The molecule has 4 heteroatoms. The molecule has 1 saturated heterocycles. The summed E-state index contributed by atoms with van der Waals surface area (Å²) in [5, 5.41) is 19.1. The van der Waals surface area contributed by atoms with Gasteiger partial charge in [-0.15, -0.1) is 0 Å². The standard InChI is InChI=1S/C10H17NO3/c1-8(13-2)9(12)10(6-11)4-3-5-14-7-10/h8-9,12H,3-5,7H2,1-2H3. The lowest BCUT2D eigenvalue weighted by Gasteiger charge is -2.36. The van der Waals surface area contributed by atoms with Gasteiger partial charge in [0.2, 0.25) is 0 Å². The molecule has 0 amide bonds. The Morgan fingerprint density at radius 3 is 2.79 bits per heavy atom. The third kappa shape index (κ3) is 2.06. The summed E-state index contributed by atoms with van der Waals surface area (Å²) in [6.45, 7) is 2.74. The molecule has 1 N–H and O–H groups in total. The fourth-order valence-electron chi connectivity index (χ4n) is 1.78. The Balaban J connectivity index is 2.73. The Morgan fingerprint density at radius 1 is 1.64 bits per heavy atom. The maximum atomic E-state index is 9.97. The molecule has 1 rings (SSSR count). The largest absolute Gasteiger partial charge is 0.389 e. The molecule has 3 atom stereocenters. The van der Waals surface area contributed by atoms with Gasteiger partial charge in [-0.3, -0.25) is 0 Å². The number of rotatable bonds is 3. The molecule has 4 nitrogen and oxygen atoms in total. The maximum absolute atomic E-state index is 9.97. The molecule has 3 unspecified atom stereocenters. The minimum absolute atomic E-state index is 0.304. The first-order chi connectivity index (χ1) is 6.66. The molecule has 1 heterocycles. The van der Waals surface area contributed by atoms with Crippen molar-refractivity contribution in [2.45, 2.75) is 32.0 Å². The van der Waals surface area contributed by atoms with Crippen LogP contribution in [0.4, 0.5) is 0 Å². The zero-order chi connectivity index (χ0) is 10.6. The first-order valence-corrected chi connectivity index (χ1v) is 4.86. The van der Waals surface area contributed by atoms with Gasteiger partial charge < -0.3 is 14.6 Å². The summed E-state index contributed by atoms with van der Waals surface area (Å²) in [6, 6.07) is 2.18. The van der Waals surface area contributed by atoms with E-state index >= 15 is 0 Å². The molecule has 14 heavy (non-hydrogen) atoms. The Kier molecular flexibility index (Phi) is 3.87. The van der Waals surface area contributed by atoms with E-state index in [0.29, 0.717) is 19.6 Å². The summed E-state index contributed by atoms with van der Waals surface area (Å²) in [7, 11) is 1.53. The van der Waals surface area contributed by atoms with E-state index < -0.39 is 11.5 Å². The number of aliphatic hydroxyl groups excluding tert-OH is 1. The molecule has 1 aliphatic rings. The lowest BCUT2D eigenvalue weighted by molar-refractivity contribution is -0.102. The van der Waals surface area contributed by atoms with E-state index in [2.05, 4.69) is 6.07 Å². The monoisotopic (exact) mass is 199 g/mol. The minimum atomic E-state index is -0.784. The van der Waals surface area contributed by atoms with Crippen molar-refractivity contribution in [1.82, 2.24) is 0 Å². The lowest BCUT2D eigenvalue weighted by Crippen LogP contribution is -2.47. The Morgan fingerprint density at radius 2 is 2.36 bits per heavy atom. The topological polar surface area (TPSA) is 62.5 Å². The van der Waals surface area contributed by atoms with Crippen molar-refractivity contribution in [3.05, 3.63) is 0 Å². The van der Waals surface area contributed by atoms with Crippen LogP contribution in [0, 0.1) is 16.7 Å². The molecular weight excluding hydrogens is 182 g/mol. The summed E-state index contributed by atoms with van der Waals surface area (Å²) in [5.41, 5.74) is -0.784. The van der Waals surface area contributed by atoms with Crippen molar-refractivity contribution >= 4 is 0 Å². The second-order valence-electron chi connectivity index (χ2n) is 3.81. The van der Waals surface area contributed by atoms with Crippen LogP contribution in [0.5, 0.6) is 0 Å². The molecule has 0 aromatic rings. The van der Waals surface area contributed by atoms with E-state index in [1.165, 1.54) is 7.11 Å². The minimum Gasteiger partial charge on any atom is -0.389 e. The maximum Gasteiger partial charge on any atom is 0.109 e. The second kappa shape index (κ2) is 4.74. The highest BCUT2D eigenvalue weighted by molar-refractivity contribution is 5.06. The first kappa shape index (κ1) is 11.4. The van der Waals surface area contributed by atoms with E-state index in [1.807, 2.05) is 0 Å². The predicted octanol–water partition coefficient (Wildman–Crippen LogP) is 0.703. The van der Waals surface area contributed by atoms with Crippen LogP contribution in [-0.2, 0) is 9.47 Å². The van der Waals surface area contributed by atoms with E-state index in [-0.39, 0.29) is 6.10 Å². The van der Waals surface area contributed by atoms with Crippen LogP contribution < -0.4 is 0 Å². The summed E-state index contributed by atoms with van der Waals surface area (Å²) in [6.07, 6.45) is 0.383. The van der Waals surface area contributed by atoms with Crippen LogP contribution in [0.1, 0.15) is 19.8 Å². The highest BCUT2D eigenvalue weighted by Gasteiger charge is 2.43. The van der Waals surface area contributed by atoms with Crippen molar-refractivity contribution in [2.24, 2.45) is 5.41 Å². The summed E-state index contributed by atoms with van der Waals surface area (Å²) in [5.74, 6) is 0. The molecule has 0 aromatic carbocycles. The van der Waals surface area contributed by atoms with Crippen molar-refractivity contribution in [2.75, 3.05) is 20.3 Å². The Labute approximate surface area is 84.4 Å². The third-order valence-corrected chi connectivity index (χ3v) is 2.88. The Bertz CT molecular complexity index is 218. The van der Waals surface area contributed by atoms with Gasteiger partial charge in [0.1, 0.15) is 11.5 Å². The Hall–Kier alpha value is -0.630. The number of hydrogen-bond donors (Lipinski definition) is 1. The quantitative estimate of drug-likeness (QED) is 0.726. The van der Waals surface area contributed by atoms with Gasteiger partial charge in [-0.1, -0.05) is 0 Å². The normalized spacial score (nSPS) is 31.9. The summed E-state index contributed by atoms with van der Waals surface area (Å²) in [4.78, 5) is 0. The average Bonchev–Trinajstić information content (AvgIpc) is 2.28. The molecule has 0 spiro atoms. The van der Waals surface area contributed by atoms with Gasteiger partial charge >= 0.3 is 0 Å². The van der Waals surface area contributed by atoms with Gasteiger partial charge in [-0.05, 0) is 19.8 Å². The number of nitriles is 1. The second-order valence-corrected chi connectivity index (χ2v) is 3.81.